The standard InChI is InChI=1S/4C20H15.2C2H7Si.2ClH.2Zr/c4*1-14-12-16-8-5-11-19(20(16)13-14)18-10-4-7-15-6-2-3-9-17(15)18;2*1-3-2;;;;/h4*2-13H,1H3;2*3H,1-2H3;2*1H;;/q4*-1;;;;;2*+3/p-2. The van der Waals surface area contributed by atoms with Crippen LogP contribution in [0, 0.1) is 27.7 Å². The molecule has 440 valence electrons. The molecule has 16 rings (SSSR count). The molecule has 0 amide bonds. The van der Waals surface area contributed by atoms with E-state index in [2.05, 4.69) is 345 Å². The van der Waals surface area contributed by atoms with Gasteiger partial charge in [-0.1, -0.05) is 270 Å². The van der Waals surface area contributed by atoms with Gasteiger partial charge in [-0.2, -0.15) is 24.3 Å². The quantitative estimate of drug-likeness (QED) is 0.122. The van der Waals surface area contributed by atoms with Crippen LogP contribution in [-0.4, -0.2) is 19.0 Å². The van der Waals surface area contributed by atoms with Gasteiger partial charge >= 0.3 is 52.4 Å². The number of hydrogen-bond acceptors (Lipinski definition) is 0. The van der Waals surface area contributed by atoms with Crippen molar-refractivity contribution in [2.45, 2.75) is 53.9 Å². The molecule has 0 aliphatic heterocycles. The summed E-state index contributed by atoms with van der Waals surface area (Å²) in [6, 6.07) is 105. The summed E-state index contributed by atoms with van der Waals surface area (Å²) < 4.78 is 0. The van der Waals surface area contributed by atoms with Gasteiger partial charge in [0.1, 0.15) is 0 Å². The minimum absolute atomic E-state index is 0. The minimum Gasteiger partial charge on any atom is -1.00 e. The molecule has 0 N–H and O–H groups in total. The Morgan fingerprint density at radius 1 is 0.211 bits per heavy atom. The van der Waals surface area contributed by atoms with Gasteiger partial charge in [-0.3, -0.25) is 0 Å². The van der Waals surface area contributed by atoms with Crippen LogP contribution in [0.3, 0.4) is 0 Å². The summed E-state index contributed by atoms with van der Waals surface area (Å²) in [6.45, 7) is 17.5. The second kappa shape index (κ2) is 33.3. The van der Waals surface area contributed by atoms with Gasteiger partial charge in [0.2, 0.25) is 0 Å². The zero-order chi connectivity index (χ0) is 59.5. The van der Waals surface area contributed by atoms with Gasteiger partial charge in [0.05, 0.1) is 0 Å². The second-order valence-electron chi connectivity index (χ2n) is 22.6. The first-order valence-electron chi connectivity index (χ1n) is 30.2. The van der Waals surface area contributed by atoms with Crippen molar-refractivity contribution in [3.05, 3.63) is 313 Å². The first kappa shape index (κ1) is 70.4. The molecule has 0 fully saturated rings. The Morgan fingerprint density at radius 2 is 0.367 bits per heavy atom. The molecule has 0 spiro atoms. The first-order valence-corrected chi connectivity index (χ1v) is 34.8. The predicted octanol–water partition coefficient (Wildman–Crippen LogP) is 17.8. The average Bonchev–Trinajstić information content (AvgIpc) is 1.95. The van der Waals surface area contributed by atoms with Crippen LogP contribution in [0.15, 0.2) is 291 Å². The molecule has 0 atom stereocenters. The molecule has 0 unspecified atom stereocenters. The van der Waals surface area contributed by atoms with Gasteiger partial charge in [0.15, 0.2) is 0 Å². The third-order valence-electron chi connectivity index (χ3n) is 15.9. The molecule has 0 saturated carbocycles. The average molecular weight is 1390 g/mol. The number of benzene rings is 12. The number of fused-ring (bicyclic) bond motifs is 8. The van der Waals surface area contributed by atoms with Crippen molar-refractivity contribution in [3.63, 3.8) is 0 Å². The molecule has 0 saturated heterocycles. The fourth-order valence-corrected chi connectivity index (χ4v) is 12.3. The van der Waals surface area contributed by atoms with Gasteiger partial charge in [-0.15, -0.1) is 138 Å². The maximum Gasteiger partial charge on any atom is 3.00 e. The van der Waals surface area contributed by atoms with Crippen molar-refractivity contribution < 1.29 is 77.2 Å². The molecular formula is C84H74Cl2Si2Zr2. The van der Waals surface area contributed by atoms with E-state index in [9.17, 15) is 0 Å². The molecule has 6 heteroatoms. The van der Waals surface area contributed by atoms with Crippen molar-refractivity contribution in [2.24, 2.45) is 0 Å². The normalized spacial score (nSPS) is 10.4. The SMILES string of the molecule is C[SiH]C.C[SiH]C.Cc1cc2c(-c3cccc4ccccc34)cccc2[cH-]1.Cc1cc2c(-c3cccc4ccccc34)cccc2[cH-]1.Cc1cc2c(-c3cccc4ccccc34)cccc2[cH-]1.Cc1cc2c(-c3cccc4ccccc34)cccc2[cH-]1.[Cl-].[Cl-].[Zr+3].[Zr+3]. The van der Waals surface area contributed by atoms with E-state index >= 15 is 0 Å². The minimum atomic E-state index is 0. The predicted molar refractivity (Wildman–Crippen MR) is 387 cm³/mol. The van der Waals surface area contributed by atoms with E-state index in [1.165, 1.54) is 153 Å². The van der Waals surface area contributed by atoms with Gasteiger partial charge in [-0.05, 0) is 65.3 Å². The topological polar surface area (TPSA) is 0 Å². The Hall–Kier alpha value is -7.10. The smallest absolute Gasteiger partial charge is 1.00 e. The molecule has 16 aromatic carbocycles. The molecular weight excluding hydrogens is 1320 g/mol. The summed E-state index contributed by atoms with van der Waals surface area (Å²) in [7, 11) is 1.50. The number of hydrogen-bond donors (Lipinski definition) is 0. The van der Waals surface area contributed by atoms with Crippen molar-refractivity contribution >= 4 is 105 Å². The van der Waals surface area contributed by atoms with E-state index in [1.807, 2.05) is 0 Å². The Bertz CT molecular complexity index is 4320. The fourth-order valence-electron chi connectivity index (χ4n) is 12.3. The molecule has 0 aliphatic carbocycles. The van der Waals surface area contributed by atoms with Crippen LogP contribution in [-0.2, 0) is 52.4 Å². The van der Waals surface area contributed by atoms with Crippen molar-refractivity contribution in [1.29, 1.82) is 0 Å². The zero-order valence-electron chi connectivity index (χ0n) is 52.6. The van der Waals surface area contributed by atoms with Crippen LogP contribution in [0.25, 0.3) is 131 Å². The van der Waals surface area contributed by atoms with E-state index in [0.29, 0.717) is 0 Å². The molecule has 0 aromatic heterocycles. The molecule has 0 heterocycles. The van der Waals surface area contributed by atoms with Crippen LogP contribution in [0.1, 0.15) is 22.3 Å². The fraction of sp³-hybridized carbons (Fsp3) is 0.0952. The third-order valence-corrected chi connectivity index (χ3v) is 15.9. The summed E-state index contributed by atoms with van der Waals surface area (Å²) in [5, 5.41) is 21.2. The van der Waals surface area contributed by atoms with E-state index in [0.717, 1.165) is 19.0 Å². The van der Waals surface area contributed by atoms with E-state index in [1.54, 1.807) is 0 Å². The maximum atomic E-state index is 2.28. The summed E-state index contributed by atoms with van der Waals surface area (Å²) in [5.74, 6) is 0. The zero-order valence-corrected chi connectivity index (χ0v) is 61.4. The van der Waals surface area contributed by atoms with Crippen LogP contribution < -0.4 is 24.8 Å². The molecule has 16 aromatic rings. The molecule has 4 radical (unpaired) electrons. The summed E-state index contributed by atoms with van der Waals surface area (Å²) in [6.07, 6.45) is 0. The largest absolute Gasteiger partial charge is 3.00 e. The Balaban J connectivity index is 0.000000163. The van der Waals surface area contributed by atoms with Crippen molar-refractivity contribution in [2.75, 3.05) is 0 Å². The van der Waals surface area contributed by atoms with Crippen molar-refractivity contribution in [1.82, 2.24) is 0 Å². The van der Waals surface area contributed by atoms with Crippen molar-refractivity contribution in [3.8, 4) is 44.5 Å². The molecule has 0 bridgehead atoms. The maximum absolute atomic E-state index is 2.28. The summed E-state index contributed by atoms with van der Waals surface area (Å²) in [4.78, 5) is 0. The van der Waals surface area contributed by atoms with Crippen LogP contribution in [0.5, 0.6) is 0 Å². The first-order chi connectivity index (χ1) is 42.1. The molecule has 0 aliphatic rings. The monoisotopic (exact) mass is 1390 g/mol. The van der Waals surface area contributed by atoms with Gasteiger partial charge < -0.3 is 24.8 Å². The molecule has 0 nitrogen and oxygen atoms in total. The Kier molecular flexibility index (Phi) is 26.0. The Labute approximate surface area is 588 Å². The molecule has 90 heavy (non-hydrogen) atoms. The van der Waals surface area contributed by atoms with Gasteiger partial charge in [0, 0.05) is 19.0 Å². The number of halogens is 2. The van der Waals surface area contributed by atoms with Crippen LogP contribution in [0.2, 0.25) is 26.2 Å². The Morgan fingerprint density at radius 3 is 0.567 bits per heavy atom. The van der Waals surface area contributed by atoms with E-state index < -0.39 is 0 Å². The third kappa shape index (κ3) is 15.8. The number of rotatable bonds is 4. The van der Waals surface area contributed by atoms with Crippen LogP contribution >= 0.6 is 0 Å². The van der Waals surface area contributed by atoms with Gasteiger partial charge in [-0.25, -0.2) is 0 Å². The van der Waals surface area contributed by atoms with Crippen LogP contribution in [0.4, 0.5) is 0 Å². The number of aryl methyl sites for hydroxylation is 4. The summed E-state index contributed by atoms with van der Waals surface area (Å²) >= 11 is 0. The van der Waals surface area contributed by atoms with E-state index in [-0.39, 0.29) is 77.2 Å². The second-order valence-corrected chi connectivity index (χ2v) is 24.9. The summed E-state index contributed by atoms with van der Waals surface area (Å²) in [5.41, 5.74) is 15.9. The van der Waals surface area contributed by atoms with E-state index in [4.69, 9.17) is 0 Å². The van der Waals surface area contributed by atoms with Gasteiger partial charge in [0.25, 0.3) is 0 Å².